The number of rotatable bonds is 3. The second-order valence-electron chi connectivity index (χ2n) is 3.98. The summed E-state index contributed by atoms with van der Waals surface area (Å²) in [6.45, 7) is 0. The number of nitro groups is 1. The van der Waals surface area contributed by atoms with Gasteiger partial charge in [-0.25, -0.2) is 0 Å². The van der Waals surface area contributed by atoms with Crippen LogP contribution in [0.15, 0.2) is 22.7 Å². The van der Waals surface area contributed by atoms with Gasteiger partial charge in [-0.15, -0.1) is 0 Å². The van der Waals surface area contributed by atoms with Crippen molar-refractivity contribution in [3.8, 4) is 0 Å². The van der Waals surface area contributed by atoms with Crippen LogP contribution >= 0.6 is 27.7 Å². The van der Waals surface area contributed by atoms with Gasteiger partial charge in [-0.05, 0) is 40.6 Å². The Hall–Kier alpha value is -0.750. The van der Waals surface area contributed by atoms with E-state index in [-0.39, 0.29) is 10.6 Å². The molecule has 0 saturated carbocycles. The van der Waals surface area contributed by atoms with Gasteiger partial charge in [0.2, 0.25) is 0 Å². The van der Waals surface area contributed by atoms with Crippen molar-refractivity contribution in [3.05, 3.63) is 32.8 Å². The van der Waals surface area contributed by atoms with Crippen LogP contribution in [0.2, 0.25) is 0 Å². The number of halogens is 1. The van der Waals surface area contributed by atoms with E-state index < -0.39 is 0 Å². The highest BCUT2D eigenvalue weighted by Crippen LogP contribution is 2.29. The molecule has 1 fully saturated rings. The van der Waals surface area contributed by atoms with E-state index >= 15 is 0 Å². The van der Waals surface area contributed by atoms with Crippen molar-refractivity contribution in [1.82, 2.24) is 0 Å². The van der Waals surface area contributed by atoms with Gasteiger partial charge in [0.05, 0.1) is 10.6 Å². The first-order valence-electron chi connectivity index (χ1n) is 5.45. The normalized spacial score (nSPS) is 19.9. The summed E-state index contributed by atoms with van der Waals surface area (Å²) in [4.78, 5) is 10.3. The Labute approximate surface area is 112 Å². The van der Waals surface area contributed by atoms with Crippen LogP contribution < -0.4 is 5.32 Å². The zero-order chi connectivity index (χ0) is 12.3. The van der Waals surface area contributed by atoms with E-state index in [0.29, 0.717) is 6.04 Å². The van der Waals surface area contributed by atoms with Crippen molar-refractivity contribution >= 4 is 39.1 Å². The van der Waals surface area contributed by atoms with Crippen LogP contribution in [0.3, 0.4) is 0 Å². The second-order valence-corrected chi connectivity index (χ2v) is 5.98. The Morgan fingerprint density at radius 2 is 2.35 bits per heavy atom. The Morgan fingerprint density at radius 3 is 3.00 bits per heavy atom. The molecular formula is C11H13BrN2O2S. The number of benzene rings is 1. The number of hydrogen-bond donors (Lipinski definition) is 1. The zero-order valence-electron chi connectivity index (χ0n) is 9.19. The minimum absolute atomic E-state index is 0.124. The lowest BCUT2D eigenvalue weighted by Gasteiger charge is -2.24. The van der Waals surface area contributed by atoms with Crippen LogP contribution in [0, 0.1) is 10.1 Å². The summed E-state index contributed by atoms with van der Waals surface area (Å²) in [5.41, 5.74) is 0.936. The van der Waals surface area contributed by atoms with E-state index in [2.05, 4.69) is 21.2 Å². The Balaban J connectivity index is 2.13. The smallest absolute Gasteiger partial charge is 0.271 e. The molecule has 6 heteroatoms. The van der Waals surface area contributed by atoms with E-state index in [1.807, 2.05) is 11.8 Å². The molecule has 4 nitrogen and oxygen atoms in total. The number of non-ortho nitro benzene ring substituents is 1. The Morgan fingerprint density at radius 1 is 1.53 bits per heavy atom. The van der Waals surface area contributed by atoms with E-state index in [1.165, 1.54) is 18.2 Å². The molecule has 1 unspecified atom stereocenters. The highest BCUT2D eigenvalue weighted by molar-refractivity contribution is 9.10. The van der Waals surface area contributed by atoms with Gasteiger partial charge in [0.1, 0.15) is 0 Å². The molecule has 1 saturated heterocycles. The summed E-state index contributed by atoms with van der Waals surface area (Å²) in [7, 11) is 0. The molecule has 92 valence electrons. The van der Waals surface area contributed by atoms with E-state index in [1.54, 1.807) is 12.1 Å². The molecule has 0 aliphatic carbocycles. The molecule has 1 atom stereocenters. The summed E-state index contributed by atoms with van der Waals surface area (Å²) in [6, 6.07) is 5.22. The SMILES string of the molecule is O=[N+]([O-])c1ccc(Br)c(NC2CCCSC2)c1. The molecule has 1 aliphatic rings. The fourth-order valence-corrected chi connectivity index (χ4v) is 3.24. The number of hydrogen-bond acceptors (Lipinski definition) is 4. The lowest BCUT2D eigenvalue weighted by molar-refractivity contribution is -0.384. The fraction of sp³-hybridized carbons (Fsp3) is 0.455. The molecule has 1 N–H and O–H groups in total. The van der Waals surface area contributed by atoms with Gasteiger partial charge in [-0.1, -0.05) is 0 Å². The summed E-state index contributed by atoms with van der Waals surface area (Å²) >= 11 is 5.34. The second kappa shape index (κ2) is 5.73. The summed E-state index contributed by atoms with van der Waals surface area (Å²) in [5, 5.41) is 14.1. The molecule has 0 bridgehead atoms. The lowest BCUT2D eigenvalue weighted by atomic mass is 10.1. The average Bonchev–Trinajstić information content (AvgIpc) is 2.33. The van der Waals surface area contributed by atoms with E-state index in [4.69, 9.17) is 0 Å². The predicted molar refractivity (Wildman–Crippen MR) is 74.8 cm³/mol. The maximum Gasteiger partial charge on any atom is 0.271 e. The minimum atomic E-state index is -0.368. The van der Waals surface area contributed by atoms with E-state index in [9.17, 15) is 10.1 Å². The standard InChI is InChI=1S/C11H13BrN2O2S/c12-10-4-3-9(14(15)16)6-11(10)13-8-2-1-5-17-7-8/h3-4,6,8,13H,1-2,5,7H2. The lowest BCUT2D eigenvalue weighted by Crippen LogP contribution is -2.25. The first-order valence-corrected chi connectivity index (χ1v) is 7.40. The summed E-state index contributed by atoms with van der Waals surface area (Å²) < 4.78 is 0.874. The molecular weight excluding hydrogens is 304 g/mol. The fourth-order valence-electron chi connectivity index (χ4n) is 1.81. The van der Waals surface area contributed by atoms with Crippen molar-refractivity contribution in [2.24, 2.45) is 0 Å². The number of thioether (sulfide) groups is 1. The molecule has 1 aliphatic heterocycles. The molecule has 17 heavy (non-hydrogen) atoms. The van der Waals surface area contributed by atoms with Crippen LogP contribution in [-0.2, 0) is 0 Å². The first kappa shape index (κ1) is 12.7. The van der Waals surface area contributed by atoms with Gasteiger partial charge < -0.3 is 5.32 Å². The Kier molecular flexibility index (Phi) is 4.28. The highest BCUT2D eigenvalue weighted by Gasteiger charge is 2.16. The molecule has 1 aromatic rings. The number of anilines is 1. The Bertz CT molecular complexity index is 422. The minimum Gasteiger partial charge on any atom is -0.380 e. The van der Waals surface area contributed by atoms with Gasteiger partial charge in [0.15, 0.2) is 0 Å². The molecule has 1 heterocycles. The van der Waals surface area contributed by atoms with Crippen molar-refractivity contribution in [2.45, 2.75) is 18.9 Å². The molecule has 2 rings (SSSR count). The van der Waals surface area contributed by atoms with Crippen molar-refractivity contribution in [2.75, 3.05) is 16.8 Å². The van der Waals surface area contributed by atoms with Crippen molar-refractivity contribution < 1.29 is 4.92 Å². The molecule has 0 radical (unpaired) electrons. The molecule has 0 spiro atoms. The molecule has 0 aromatic heterocycles. The van der Waals surface area contributed by atoms with Crippen molar-refractivity contribution in [3.63, 3.8) is 0 Å². The van der Waals surface area contributed by atoms with Gasteiger partial charge in [-0.2, -0.15) is 11.8 Å². The number of nitrogens with one attached hydrogen (secondary N) is 1. The monoisotopic (exact) mass is 316 g/mol. The summed E-state index contributed by atoms with van der Waals surface area (Å²) in [5.74, 6) is 2.28. The van der Waals surface area contributed by atoms with Crippen LogP contribution in [-0.4, -0.2) is 22.5 Å². The maximum absolute atomic E-state index is 10.7. The molecule has 0 amide bonds. The van der Waals surface area contributed by atoms with Gasteiger partial charge in [0, 0.05) is 28.4 Å². The summed E-state index contributed by atoms with van der Waals surface area (Å²) in [6.07, 6.45) is 2.33. The largest absolute Gasteiger partial charge is 0.380 e. The maximum atomic E-state index is 10.7. The number of nitrogens with zero attached hydrogens (tertiary/aromatic N) is 1. The van der Waals surface area contributed by atoms with Gasteiger partial charge >= 0.3 is 0 Å². The third-order valence-electron chi connectivity index (χ3n) is 2.68. The topological polar surface area (TPSA) is 55.2 Å². The number of nitro benzene ring substituents is 1. The van der Waals surface area contributed by atoms with Crippen LogP contribution in [0.1, 0.15) is 12.8 Å². The van der Waals surface area contributed by atoms with Crippen LogP contribution in [0.4, 0.5) is 11.4 Å². The third-order valence-corrected chi connectivity index (χ3v) is 4.59. The zero-order valence-corrected chi connectivity index (χ0v) is 11.6. The van der Waals surface area contributed by atoms with Crippen LogP contribution in [0.5, 0.6) is 0 Å². The average molecular weight is 317 g/mol. The van der Waals surface area contributed by atoms with Gasteiger partial charge in [-0.3, -0.25) is 10.1 Å². The quantitative estimate of drug-likeness (QED) is 0.683. The third kappa shape index (κ3) is 3.35. The highest BCUT2D eigenvalue weighted by atomic mass is 79.9. The van der Waals surface area contributed by atoms with Gasteiger partial charge in [0.25, 0.3) is 5.69 Å². The van der Waals surface area contributed by atoms with Crippen LogP contribution in [0.25, 0.3) is 0 Å². The predicted octanol–water partition coefficient (Wildman–Crippen LogP) is 3.66. The molecule has 1 aromatic carbocycles. The van der Waals surface area contributed by atoms with E-state index in [0.717, 1.165) is 22.3 Å². The first-order chi connectivity index (χ1) is 8.16. The van der Waals surface area contributed by atoms with Crippen molar-refractivity contribution in [1.29, 1.82) is 0 Å².